The van der Waals surface area contributed by atoms with Crippen molar-refractivity contribution in [1.82, 2.24) is 0 Å². The topological polar surface area (TPSA) is 29.5 Å². The second-order valence-electron chi connectivity index (χ2n) is 2.78. The number of halogens is 1. The fourth-order valence-corrected chi connectivity index (χ4v) is 1.41. The van der Waals surface area contributed by atoms with Crippen molar-refractivity contribution in [2.75, 3.05) is 13.7 Å². The Morgan fingerprint density at radius 1 is 1.46 bits per heavy atom. The normalized spacial score (nSPS) is 10.1. The van der Waals surface area contributed by atoms with E-state index in [0.717, 1.165) is 24.2 Å². The van der Waals surface area contributed by atoms with Gasteiger partial charge in [-0.05, 0) is 36.6 Å². The molecule has 0 heterocycles. The van der Waals surface area contributed by atoms with Gasteiger partial charge in [0.05, 0.1) is 7.11 Å². The van der Waals surface area contributed by atoms with Crippen LogP contribution in [0.15, 0.2) is 18.2 Å². The molecule has 0 aromatic heterocycles. The number of rotatable bonds is 4. The minimum Gasteiger partial charge on any atom is -0.496 e. The van der Waals surface area contributed by atoms with Crippen LogP contribution in [0.2, 0.25) is 5.02 Å². The van der Waals surface area contributed by atoms with Gasteiger partial charge in [-0.25, -0.2) is 0 Å². The number of benzene rings is 1. The zero-order chi connectivity index (χ0) is 9.68. The summed E-state index contributed by atoms with van der Waals surface area (Å²) in [5.74, 6) is 0.831. The SMILES string of the molecule is COc1ccc(Cl)cc1CCCO. The molecule has 0 saturated heterocycles. The van der Waals surface area contributed by atoms with Gasteiger partial charge in [0.25, 0.3) is 0 Å². The number of hydrogen-bond donors (Lipinski definition) is 1. The lowest BCUT2D eigenvalue weighted by Gasteiger charge is -2.07. The van der Waals surface area contributed by atoms with E-state index in [1.807, 2.05) is 12.1 Å². The number of aryl methyl sites for hydroxylation is 1. The number of aliphatic hydroxyl groups excluding tert-OH is 1. The van der Waals surface area contributed by atoms with Crippen molar-refractivity contribution in [3.63, 3.8) is 0 Å². The summed E-state index contributed by atoms with van der Waals surface area (Å²) in [6.45, 7) is 0.190. The van der Waals surface area contributed by atoms with Gasteiger partial charge >= 0.3 is 0 Å². The molecule has 13 heavy (non-hydrogen) atoms. The zero-order valence-corrected chi connectivity index (χ0v) is 8.34. The van der Waals surface area contributed by atoms with Gasteiger partial charge < -0.3 is 9.84 Å². The van der Waals surface area contributed by atoms with Crippen molar-refractivity contribution >= 4 is 11.6 Å². The van der Waals surface area contributed by atoms with Crippen molar-refractivity contribution in [2.24, 2.45) is 0 Å². The van der Waals surface area contributed by atoms with E-state index in [1.165, 1.54) is 0 Å². The highest BCUT2D eigenvalue weighted by Crippen LogP contribution is 2.23. The maximum absolute atomic E-state index is 8.69. The van der Waals surface area contributed by atoms with Crippen molar-refractivity contribution < 1.29 is 9.84 Å². The summed E-state index contributed by atoms with van der Waals surface area (Å²) < 4.78 is 5.16. The van der Waals surface area contributed by atoms with Gasteiger partial charge in [0.2, 0.25) is 0 Å². The van der Waals surface area contributed by atoms with Crippen molar-refractivity contribution in [1.29, 1.82) is 0 Å². The molecule has 0 bridgehead atoms. The molecule has 0 aliphatic rings. The summed E-state index contributed by atoms with van der Waals surface area (Å²) >= 11 is 5.83. The molecule has 0 amide bonds. The van der Waals surface area contributed by atoms with E-state index in [0.29, 0.717) is 5.02 Å². The summed E-state index contributed by atoms with van der Waals surface area (Å²) in [7, 11) is 1.63. The van der Waals surface area contributed by atoms with Gasteiger partial charge in [-0.15, -0.1) is 0 Å². The van der Waals surface area contributed by atoms with Crippen LogP contribution in [0.25, 0.3) is 0 Å². The van der Waals surface area contributed by atoms with E-state index < -0.39 is 0 Å². The highest BCUT2D eigenvalue weighted by molar-refractivity contribution is 6.30. The molecule has 1 aromatic carbocycles. The molecule has 0 aliphatic heterocycles. The Morgan fingerprint density at radius 3 is 2.85 bits per heavy atom. The highest BCUT2D eigenvalue weighted by atomic mass is 35.5. The number of ether oxygens (including phenoxy) is 1. The molecular weight excluding hydrogens is 188 g/mol. The van der Waals surface area contributed by atoms with Crippen molar-refractivity contribution in [3.05, 3.63) is 28.8 Å². The second kappa shape index (κ2) is 5.10. The van der Waals surface area contributed by atoms with E-state index in [9.17, 15) is 0 Å². The van der Waals surface area contributed by atoms with Crippen molar-refractivity contribution in [3.8, 4) is 5.75 Å². The van der Waals surface area contributed by atoms with Crippen LogP contribution in [0.5, 0.6) is 5.75 Å². The van der Waals surface area contributed by atoms with Crippen LogP contribution in [0.1, 0.15) is 12.0 Å². The maximum atomic E-state index is 8.69. The van der Waals surface area contributed by atoms with Gasteiger partial charge in [-0.2, -0.15) is 0 Å². The Bertz CT molecular complexity index is 274. The zero-order valence-electron chi connectivity index (χ0n) is 7.59. The van der Waals surface area contributed by atoms with Crippen LogP contribution in [0.3, 0.4) is 0 Å². The Morgan fingerprint density at radius 2 is 2.23 bits per heavy atom. The standard InChI is InChI=1S/C10H13ClO2/c1-13-10-5-4-9(11)7-8(10)3-2-6-12/h4-5,7,12H,2-3,6H2,1H3. The first-order valence-corrected chi connectivity index (χ1v) is 4.59. The van der Waals surface area contributed by atoms with Crippen LogP contribution < -0.4 is 4.74 Å². The third-order valence-electron chi connectivity index (χ3n) is 1.85. The lowest BCUT2D eigenvalue weighted by molar-refractivity contribution is 0.287. The number of aliphatic hydroxyl groups is 1. The molecule has 0 fully saturated rings. The minimum absolute atomic E-state index is 0.190. The van der Waals surface area contributed by atoms with E-state index in [4.69, 9.17) is 21.4 Å². The quantitative estimate of drug-likeness (QED) is 0.808. The Kier molecular flexibility index (Phi) is 4.06. The molecule has 3 heteroatoms. The fraction of sp³-hybridized carbons (Fsp3) is 0.400. The van der Waals surface area contributed by atoms with Crippen LogP contribution in [0.4, 0.5) is 0 Å². The predicted molar refractivity (Wildman–Crippen MR) is 53.4 cm³/mol. The molecule has 0 atom stereocenters. The van der Waals surface area contributed by atoms with Crippen LogP contribution in [0, 0.1) is 0 Å². The molecular formula is C10H13ClO2. The summed E-state index contributed by atoms with van der Waals surface area (Å²) in [5.41, 5.74) is 1.05. The van der Waals surface area contributed by atoms with E-state index in [1.54, 1.807) is 13.2 Å². The van der Waals surface area contributed by atoms with Crippen LogP contribution in [-0.4, -0.2) is 18.8 Å². The summed E-state index contributed by atoms with van der Waals surface area (Å²) in [5, 5.41) is 9.39. The van der Waals surface area contributed by atoms with E-state index >= 15 is 0 Å². The average molecular weight is 201 g/mol. The smallest absolute Gasteiger partial charge is 0.122 e. The first-order chi connectivity index (χ1) is 6.27. The third-order valence-corrected chi connectivity index (χ3v) is 2.08. The first kappa shape index (κ1) is 10.4. The molecule has 1 aromatic rings. The predicted octanol–water partition coefficient (Wildman–Crippen LogP) is 2.27. The molecule has 2 nitrogen and oxygen atoms in total. The molecule has 72 valence electrons. The monoisotopic (exact) mass is 200 g/mol. The second-order valence-corrected chi connectivity index (χ2v) is 3.22. The maximum Gasteiger partial charge on any atom is 0.122 e. The van der Waals surface area contributed by atoms with E-state index in [2.05, 4.69) is 0 Å². The first-order valence-electron chi connectivity index (χ1n) is 4.21. The summed E-state index contributed by atoms with van der Waals surface area (Å²) in [6.07, 6.45) is 1.52. The Hall–Kier alpha value is -0.730. The number of hydrogen-bond acceptors (Lipinski definition) is 2. The van der Waals surface area contributed by atoms with Crippen LogP contribution >= 0.6 is 11.6 Å². The molecule has 1 N–H and O–H groups in total. The lowest BCUT2D eigenvalue weighted by Crippen LogP contribution is -1.94. The largest absolute Gasteiger partial charge is 0.496 e. The van der Waals surface area contributed by atoms with Gasteiger partial charge in [0.15, 0.2) is 0 Å². The minimum atomic E-state index is 0.190. The third kappa shape index (κ3) is 2.90. The van der Waals surface area contributed by atoms with Crippen molar-refractivity contribution in [2.45, 2.75) is 12.8 Å². The van der Waals surface area contributed by atoms with Crippen LogP contribution in [-0.2, 0) is 6.42 Å². The fourth-order valence-electron chi connectivity index (χ4n) is 1.21. The average Bonchev–Trinajstić information content (AvgIpc) is 2.15. The van der Waals surface area contributed by atoms with Gasteiger partial charge in [0, 0.05) is 11.6 Å². The van der Waals surface area contributed by atoms with Gasteiger partial charge in [0.1, 0.15) is 5.75 Å². The van der Waals surface area contributed by atoms with Gasteiger partial charge in [-0.3, -0.25) is 0 Å². The van der Waals surface area contributed by atoms with E-state index in [-0.39, 0.29) is 6.61 Å². The number of methoxy groups -OCH3 is 1. The highest BCUT2D eigenvalue weighted by Gasteiger charge is 2.02. The Balaban J connectivity index is 2.81. The molecule has 0 unspecified atom stereocenters. The summed E-state index contributed by atoms with van der Waals surface area (Å²) in [4.78, 5) is 0. The Labute approximate surface area is 83.1 Å². The molecule has 0 aliphatic carbocycles. The molecule has 0 saturated carbocycles. The van der Waals surface area contributed by atoms with Gasteiger partial charge in [-0.1, -0.05) is 11.6 Å². The summed E-state index contributed by atoms with van der Waals surface area (Å²) in [6, 6.07) is 5.51. The molecule has 0 radical (unpaired) electrons. The molecule has 0 spiro atoms. The molecule has 1 rings (SSSR count). The lowest BCUT2D eigenvalue weighted by atomic mass is 10.1.